The molecule has 1 aromatic heterocycles. The summed E-state index contributed by atoms with van der Waals surface area (Å²) in [7, 11) is 0. The van der Waals surface area contributed by atoms with Crippen molar-refractivity contribution >= 4 is 0 Å². The summed E-state index contributed by atoms with van der Waals surface area (Å²) < 4.78 is 13.6. The van der Waals surface area contributed by atoms with Crippen LogP contribution >= 0.6 is 0 Å². The molecule has 0 aliphatic rings. The van der Waals surface area contributed by atoms with Crippen molar-refractivity contribution < 1.29 is 4.39 Å². The van der Waals surface area contributed by atoms with Gasteiger partial charge in [-0.15, -0.1) is 6.58 Å². The molecular formula is C7H7FN2O. The van der Waals surface area contributed by atoms with Gasteiger partial charge in [0.2, 0.25) is 0 Å². The zero-order chi connectivity index (χ0) is 8.27. The number of nitrogens with zero attached hydrogens (tertiary/aromatic N) is 2. The molecule has 0 aromatic carbocycles. The van der Waals surface area contributed by atoms with Crippen LogP contribution in [0.4, 0.5) is 4.39 Å². The standard InChI is InChI=1S/C7H7FN2O/c1-2-3-10-5-6(8)4-9-7(10)11/h2,4-5H,1,3H2. The number of hydrogen-bond donors (Lipinski definition) is 0. The fourth-order valence-electron chi connectivity index (χ4n) is 0.698. The van der Waals surface area contributed by atoms with E-state index in [-0.39, 0.29) is 6.54 Å². The first-order valence-electron chi connectivity index (χ1n) is 3.07. The number of aromatic nitrogens is 2. The summed E-state index contributed by atoms with van der Waals surface area (Å²) >= 11 is 0. The first-order chi connectivity index (χ1) is 5.24. The van der Waals surface area contributed by atoms with Crippen molar-refractivity contribution in [1.29, 1.82) is 0 Å². The van der Waals surface area contributed by atoms with Gasteiger partial charge in [0.25, 0.3) is 0 Å². The largest absolute Gasteiger partial charge is 0.347 e. The summed E-state index contributed by atoms with van der Waals surface area (Å²) in [5.41, 5.74) is -0.466. The quantitative estimate of drug-likeness (QED) is 0.583. The van der Waals surface area contributed by atoms with E-state index in [9.17, 15) is 9.18 Å². The van der Waals surface area contributed by atoms with Gasteiger partial charge < -0.3 is 0 Å². The number of rotatable bonds is 2. The van der Waals surface area contributed by atoms with Gasteiger partial charge in [0.1, 0.15) is 0 Å². The maximum absolute atomic E-state index is 12.4. The molecule has 0 N–H and O–H groups in total. The molecule has 3 nitrogen and oxygen atoms in total. The molecule has 0 radical (unpaired) electrons. The average Bonchev–Trinajstić information content (AvgIpc) is 1.98. The van der Waals surface area contributed by atoms with Gasteiger partial charge in [0, 0.05) is 12.7 Å². The number of halogens is 1. The van der Waals surface area contributed by atoms with Crippen LogP contribution in [0.3, 0.4) is 0 Å². The Morgan fingerprint density at radius 2 is 2.55 bits per heavy atom. The molecular weight excluding hydrogens is 147 g/mol. The van der Waals surface area contributed by atoms with E-state index >= 15 is 0 Å². The average molecular weight is 154 g/mol. The predicted molar refractivity (Wildman–Crippen MR) is 38.7 cm³/mol. The third kappa shape index (κ3) is 1.73. The van der Waals surface area contributed by atoms with Gasteiger partial charge in [0.05, 0.1) is 6.20 Å². The molecule has 0 fully saturated rings. The molecule has 4 heteroatoms. The van der Waals surface area contributed by atoms with Crippen molar-refractivity contribution in [3.63, 3.8) is 0 Å². The second-order valence-corrected chi connectivity index (χ2v) is 2.00. The highest BCUT2D eigenvalue weighted by Gasteiger charge is 1.95. The Morgan fingerprint density at radius 3 is 3.18 bits per heavy atom. The zero-order valence-corrected chi connectivity index (χ0v) is 5.83. The normalized spacial score (nSPS) is 9.55. The molecule has 0 spiro atoms. The Hall–Kier alpha value is -1.45. The van der Waals surface area contributed by atoms with E-state index in [1.807, 2.05) is 0 Å². The van der Waals surface area contributed by atoms with E-state index in [1.165, 1.54) is 6.08 Å². The minimum Gasteiger partial charge on any atom is -0.292 e. The second kappa shape index (κ2) is 3.09. The highest BCUT2D eigenvalue weighted by Crippen LogP contribution is 1.88. The Kier molecular flexibility index (Phi) is 2.15. The molecule has 0 bridgehead atoms. The van der Waals surface area contributed by atoms with Crippen molar-refractivity contribution in [2.24, 2.45) is 0 Å². The third-order valence-electron chi connectivity index (χ3n) is 1.15. The monoisotopic (exact) mass is 154 g/mol. The SMILES string of the molecule is C=CCn1cc(F)cnc1=O. The van der Waals surface area contributed by atoms with Gasteiger partial charge in [-0.25, -0.2) is 9.18 Å². The van der Waals surface area contributed by atoms with Gasteiger partial charge in [-0.3, -0.25) is 4.57 Å². The van der Waals surface area contributed by atoms with Gasteiger partial charge in [-0.05, 0) is 0 Å². The molecule has 0 unspecified atom stereocenters. The summed E-state index contributed by atoms with van der Waals surface area (Å²) in [4.78, 5) is 14.1. The maximum Gasteiger partial charge on any atom is 0.347 e. The topological polar surface area (TPSA) is 34.9 Å². The zero-order valence-electron chi connectivity index (χ0n) is 5.83. The van der Waals surface area contributed by atoms with Gasteiger partial charge in [0.15, 0.2) is 5.82 Å². The number of allylic oxidation sites excluding steroid dienone is 1. The molecule has 1 aromatic rings. The van der Waals surface area contributed by atoms with E-state index < -0.39 is 11.5 Å². The van der Waals surface area contributed by atoms with Crippen molar-refractivity contribution in [3.05, 3.63) is 41.4 Å². The minimum atomic E-state index is -0.522. The maximum atomic E-state index is 12.4. The van der Waals surface area contributed by atoms with Crippen LogP contribution in [-0.2, 0) is 6.54 Å². The van der Waals surface area contributed by atoms with E-state index in [0.29, 0.717) is 0 Å². The van der Waals surface area contributed by atoms with Crippen molar-refractivity contribution in [1.82, 2.24) is 9.55 Å². The lowest BCUT2D eigenvalue weighted by molar-refractivity contribution is 0.582. The molecule has 1 rings (SSSR count). The van der Waals surface area contributed by atoms with Gasteiger partial charge >= 0.3 is 5.69 Å². The molecule has 58 valence electrons. The van der Waals surface area contributed by atoms with Gasteiger partial charge in [-0.2, -0.15) is 4.98 Å². The molecule has 0 amide bonds. The first-order valence-corrected chi connectivity index (χ1v) is 3.07. The van der Waals surface area contributed by atoms with Crippen LogP contribution in [0.25, 0.3) is 0 Å². The summed E-state index contributed by atoms with van der Waals surface area (Å²) in [6.45, 7) is 3.70. The van der Waals surface area contributed by atoms with E-state index in [4.69, 9.17) is 0 Å². The summed E-state index contributed by atoms with van der Waals surface area (Å²) in [6, 6.07) is 0. The predicted octanol–water partition coefficient (Wildman–Crippen LogP) is 0.568. The molecule has 0 atom stereocenters. The van der Waals surface area contributed by atoms with E-state index in [1.54, 1.807) is 0 Å². The van der Waals surface area contributed by atoms with Crippen molar-refractivity contribution in [3.8, 4) is 0 Å². The van der Waals surface area contributed by atoms with Crippen LogP contribution in [-0.4, -0.2) is 9.55 Å². The van der Waals surface area contributed by atoms with Crippen LogP contribution in [0.15, 0.2) is 29.8 Å². The second-order valence-electron chi connectivity index (χ2n) is 2.00. The minimum absolute atomic E-state index is 0.281. The van der Waals surface area contributed by atoms with Crippen LogP contribution < -0.4 is 5.69 Å². The number of hydrogen-bond acceptors (Lipinski definition) is 2. The molecule has 0 saturated carbocycles. The fraction of sp³-hybridized carbons (Fsp3) is 0.143. The molecule has 0 saturated heterocycles. The highest BCUT2D eigenvalue weighted by atomic mass is 19.1. The molecule has 1 heterocycles. The van der Waals surface area contributed by atoms with E-state index in [2.05, 4.69) is 11.6 Å². The Morgan fingerprint density at radius 1 is 1.82 bits per heavy atom. The highest BCUT2D eigenvalue weighted by molar-refractivity contribution is 4.87. The van der Waals surface area contributed by atoms with Gasteiger partial charge in [-0.1, -0.05) is 6.08 Å². The molecule has 0 aliphatic carbocycles. The van der Waals surface area contributed by atoms with Crippen molar-refractivity contribution in [2.45, 2.75) is 6.54 Å². The smallest absolute Gasteiger partial charge is 0.292 e. The Balaban J connectivity index is 3.12. The van der Waals surface area contributed by atoms with E-state index in [0.717, 1.165) is 17.0 Å². The Bertz CT molecular complexity index is 318. The lowest BCUT2D eigenvalue weighted by Gasteiger charge is -1.97. The Labute approximate surface area is 62.8 Å². The summed E-state index contributed by atoms with van der Waals surface area (Å²) in [5.74, 6) is -0.522. The van der Waals surface area contributed by atoms with Crippen LogP contribution in [0, 0.1) is 5.82 Å². The molecule has 0 aliphatic heterocycles. The first kappa shape index (κ1) is 7.65. The van der Waals surface area contributed by atoms with Crippen LogP contribution in [0.2, 0.25) is 0 Å². The summed E-state index contributed by atoms with van der Waals surface area (Å²) in [5, 5.41) is 0. The molecule has 11 heavy (non-hydrogen) atoms. The van der Waals surface area contributed by atoms with Crippen LogP contribution in [0.5, 0.6) is 0 Å². The lowest BCUT2D eigenvalue weighted by atomic mass is 10.5. The van der Waals surface area contributed by atoms with Crippen molar-refractivity contribution in [2.75, 3.05) is 0 Å². The lowest BCUT2D eigenvalue weighted by Crippen LogP contribution is -2.21. The third-order valence-corrected chi connectivity index (χ3v) is 1.15. The van der Waals surface area contributed by atoms with Crippen LogP contribution in [0.1, 0.15) is 0 Å². The summed E-state index contributed by atoms with van der Waals surface area (Å²) in [6.07, 6.45) is 3.49. The fourth-order valence-corrected chi connectivity index (χ4v) is 0.698.